The molecule has 0 spiro atoms. The number of H-pyrrole nitrogens is 1. The molecule has 27 heavy (non-hydrogen) atoms. The van der Waals surface area contributed by atoms with E-state index in [2.05, 4.69) is 44.6 Å². The molecule has 2 aromatic rings. The molecule has 3 N–H and O–H groups in total. The first-order valence-corrected chi connectivity index (χ1v) is 9.94. The minimum atomic E-state index is 0.331. The number of aromatic nitrogens is 3. The van der Waals surface area contributed by atoms with Crippen LogP contribution < -0.4 is 15.5 Å². The van der Waals surface area contributed by atoms with Crippen LogP contribution in [0.5, 0.6) is 0 Å². The number of rotatable bonds is 7. The molecule has 1 fully saturated rings. The monoisotopic (exact) mass is 389 g/mol. The average Bonchev–Trinajstić information content (AvgIpc) is 3.28. The minimum absolute atomic E-state index is 0.331. The maximum Gasteiger partial charge on any atom is 0.191 e. The summed E-state index contributed by atoms with van der Waals surface area (Å²) >= 11 is 6.28. The lowest BCUT2D eigenvalue weighted by atomic mass is 10.1. The molecule has 0 aromatic carbocycles. The summed E-state index contributed by atoms with van der Waals surface area (Å²) < 4.78 is 0. The van der Waals surface area contributed by atoms with Gasteiger partial charge in [0.2, 0.25) is 0 Å². The Morgan fingerprint density at radius 2 is 2.37 bits per heavy atom. The van der Waals surface area contributed by atoms with Gasteiger partial charge >= 0.3 is 0 Å². The number of nitrogens with zero attached hydrogens (tertiary/aromatic N) is 4. The van der Waals surface area contributed by atoms with E-state index in [1.807, 2.05) is 18.3 Å². The minimum Gasteiger partial charge on any atom is -0.357 e. The first-order valence-electron chi connectivity index (χ1n) is 9.56. The molecule has 8 heteroatoms. The highest BCUT2D eigenvalue weighted by atomic mass is 35.5. The number of guanidine groups is 1. The van der Waals surface area contributed by atoms with Gasteiger partial charge in [0.25, 0.3) is 0 Å². The van der Waals surface area contributed by atoms with Crippen molar-refractivity contribution in [3.63, 3.8) is 0 Å². The van der Waals surface area contributed by atoms with Crippen LogP contribution in [-0.4, -0.2) is 53.4 Å². The fourth-order valence-electron chi connectivity index (χ4n) is 3.28. The molecule has 0 saturated carbocycles. The quantitative estimate of drug-likeness (QED) is 0.385. The Bertz CT molecular complexity index is 758. The Balaban J connectivity index is 1.50. The van der Waals surface area contributed by atoms with Gasteiger partial charge in [0.05, 0.1) is 11.2 Å². The fourth-order valence-corrected chi connectivity index (χ4v) is 3.52. The molecule has 0 radical (unpaired) electrons. The lowest BCUT2D eigenvalue weighted by molar-refractivity contribution is 0.647. The number of hydrogen-bond donors (Lipinski definition) is 3. The summed E-state index contributed by atoms with van der Waals surface area (Å²) in [5, 5.41) is 14.6. The third-order valence-electron chi connectivity index (χ3n) is 4.72. The van der Waals surface area contributed by atoms with Crippen LogP contribution >= 0.6 is 11.6 Å². The Kier molecular flexibility index (Phi) is 6.92. The van der Waals surface area contributed by atoms with Gasteiger partial charge in [-0.2, -0.15) is 5.10 Å². The van der Waals surface area contributed by atoms with Crippen LogP contribution in [-0.2, 0) is 6.42 Å². The Hall–Kier alpha value is -2.28. The topological polar surface area (TPSA) is 81.2 Å². The van der Waals surface area contributed by atoms with Crippen LogP contribution in [0, 0.1) is 6.92 Å². The number of hydrogen-bond acceptors (Lipinski definition) is 4. The second-order valence-electron chi connectivity index (χ2n) is 6.77. The zero-order valence-corrected chi connectivity index (χ0v) is 16.8. The SMILES string of the molecule is CCNC(=NCCCc1cn[nH]c1C)NC1CCN(c2ncccc2Cl)C1. The number of aliphatic imine (C=N–C) groups is 1. The fraction of sp³-hybridized carbons (Fsp3) is 0.526. The highest BCUT2D eigenvalue weighted by Gasteiger charge is 2.25. The van der Waals surface area contributed by atoms with Gasteiger partial charge in [0.15, 0.2) is 5.96 Å². The molecule has 0 bridgehead atoms. The normalized spacial score (nSPS) is 17.4. The molecule has 7 nitrogen and oxygen atoms in total. The van der Waals surface area contributed by atoms with Gasteiger partial charge in [-0.1, -0.05) is 11.6 Å². The number of aryl methyl sites for hydroxylation is 2. The largest absolute Gasteiger partial charge is 0.357 e. The molecule has 146 valence electrons. The van der Waals surface area contributed by atoms with E-state index < -0.39 is 0 Å². The van der Waals surface area contributed by atoms with Crippen LogP contribution in [0.25, 0.3) is 0 Å². The molecule has 0 amide bonds. The number of anilines is 1. The molecule has 1 unspecified atom stereocenters. The van der Waals surface area contributed by atoms with E-state index in [9.17, 15) is 0 Å². The van der Waals surface area contributed by atoms with Crippen molar-refractivity contribution in [3.05, 3.63) is 40.8 Å². The molecule has 1 atom stereocenters. The lowest BCUT2D eigenvalue weighted by Crippen LogP contribution is -2.44. The van der Waals surface area contributed by atoms with Crippen molar-refractivity contribution in [2.75, 3.05) is 31.1 Å². The highest BCUT2D eigenvalue weighted by Crippen LogP contribution is 2.25. The Morgan fingerprint density at radius 1 is 1.48 bits per heavy atom. The number of aromatic amines is 1. The van der Waals surface area contributed by atoms with Crippen LogP contribution in [0.2, 0.25) is 5.02 Å². The maximum atomic E-state index is 6.28. The standard InChI is InChI=1S/C19H28ClN7/c1-3-21-19(23-10-4-6-15-12-24-26-14(15)2)25-16-8-11-27(13-16)18-17(20)7-5-9-22-18/h5,7,9,12,16H,3-4,6,8,10-11,13H2,1-2H3,(H,24,26)(H2,21,23,25). The molecule has 1 aliphatic heterocycles. The summed E-state index contributed by atoms with van der Waals surface area (Å²) in [6.45, 7) is 7.57. The van der Waals surface area contributed by atoms with E-state index in [1.165, 1.54) is 5.56 Å². The van der Waals surface area contributed by atoms with Gasteiger partial charge in [-0.15, -0.1) is 0 Å². The summed E-state index contributed by atoms with van der Waals surface area (Å²) in [5.74, 6) is 1.74. The zero-order chi connectivity index (χ0) is 19.1. The second kappa shape index (κ2) is 9.60. The summed E-state index contributed by atoms with van der Waals surface area (Å²) in [6.07, 6.45) is 6.71. The predicted molar refractivity (Wildman–Crippen MR) is 111 cm³/mol. The van der Waals surface area contributed by atoms with E-state index in [0.717, 1.165) is 62.9 Å². The smallest absolute Gasteiger partial charge is 0.191 e. The van der Waals surface area contributed by atoms with E-state index in [0.29, 0.717) is 11.1 Å². The predicted octanol–water partition coefficient (Wildman–Crippen LogP) is 2.53. The van der Waals surface area contributed by atoms with E-state index in [1.54, 1.807) is 6.20 Å². The van der Waals surface area contributed by atoms with Gasteiger partial charge in [-0.25, -0.2) is 4.98 Å². The van der Waals surface area contributed by atoms with Crippen LogP contribution in [0.4, 0.5) is 5.82 Å². The van der Waals surface area contributed by atoms with Gasteiger partial charge < -0.3 is 15.5 Å². The summed E-state index contributed by atoms with van der Waals surface area (Å²) in [6, 6.07) is 4.08. The van der Waals surface area contributed by atoms with E-state index in [-0.39, 0.29) is 0 Å². The summed E-state index contributed by atoms with van der Waals surface area (Å²) in [4.78, 5) is 11.4. The molecular weight excluding hydrogens is 362 g/mol. The molecular formula is C19H28ClN7. The lowest BCUT2D eigenvalue weighted by Gasteiger charge is -2.20. The zero-order valence-electron chi connectivity index (χ0n) is 16.0. The van der Waals surface area contributed by atoms with Crippen LogP contribution in [0.3, 0.4) is 0 Å². The van der Waals surface area contributed by atoms with Crippen molar-refractivity contribution >= 4 is 23.4 Å². The number of halogens is 1. The Morgan fingerprint density at radius 3 is 3.11 bits per heavy atom. The van der Waals surface area contributed by atoms with Crippen molar-refractivity contribution in [2.45, 2.75) is 39.2 Å². The molecule has 1 aliphatic rings. The van der Waals surface area contributed by atoms with Crippen LogP contribution in [0.15, 0.2) is 29.5 Å². The molecule has 2 aromatic heterocycles. The van der Waals surface area contributed by atoms with Gasteiger partial charge in [0, 0.05) is 44.1 Å². The van der Waals surface area contributed by atoms with Gasteiger partial charge in [-0.3, -0.25) is 10.1 Å². The molecule has 1 saturated heterocycles. The molecule has 0 aliphatic carbocycles. The van der Waals surface area contributed by atoms with Crippen molar-refractivity contribution in [1.29, 1.82) is 0 Å². The second-order valence-corrected chi connectivity index (χ2v) is 7.18. The Labute approximate surface area is 165 Å². The maximum absolute atomic E-state index is 6.28. The third kappa shape index (κ3) is 5.35. The first-order chi connectivity index (χ1) is 13.2. The summed E-state index contributed by atoms with van der Waals surface area (Å²) in [5.41, 5.74) is 2.41. The van der Waals surface area contributed by atoms with E-state index >= 15 is 0 Å². The van der Waals surface area contributed by atoms with Gasteiger partial charge in [0.1, 0.15) is 5.82 Å². The van der Waals surface area contributed by atoms with Crippen molar-refractivity contribution < 1.29 is 0 Å². The van der Waals surface area contributed by atoms with Crippen LogP contribution in [0.1, 0.15) is 31.0 Å². The van der Waals surface area contributed by atoms with Crippen molar-refractivity contribution in [2.24, 2.45) is 4.99 Å². The highest BCUT2D eigenvalue weighted by molar-refractivity contribution is 6.32. The first kappa shape index (κ1) is 19.5. The number of pyridine rings is 1. The number of nitrogens with one attached hydrogen (secondary N) is 3. The molecule has 3 heterocycles. The van der Waals surface area contributed by atoms with Crippen molar-refractivity contribution in [3.8, 4) is 0 Å². The van der Waals surface area contributed by atoms with Gasteiger partial charge in [-0.05, 0) is 50.8 Å². The third-order valence-corrected chi connectivity index (χ3v) is 5.02. The molecule has 3 rings (SSSR count). The van der Waals surface area contributed by atoms with Crippen molar-refractivity contribution in [1.82, 2.24) is 25.8 Å². The summed E-state index contributed by atoms with van der Waals surface area (Å²) in [7, 11) is 0. The average molecular weight is 390 g/mol. The van der Waals surface area contributed by atoms with E-state index in [4.69, 9.17) is 16.6 Å².